The van der Waals surface area contributed by atoms with E-state index in [0.29, 0.717) is 4.68 Å². The van der Waals surface area contributed by atoms with Crippen LogP contribution in [0.15, 0.2) is 23.4 Å². The van der Waals surface area contributed by atoms with Crippen molar-refractivity contribution >= 4 is 12.6 Å². The molecule has 0 aromatic carbocycles. The summed E-state index contributed by atoms with van der Waals surface area (Å²) in [5.41, 5.74) is -0.714. The molecule has 2 aromatic heterocycles. The van der Waals surface area contributed by atoms with E-state index in [1.54, 1.807) is 0 Å². The third kappa shape index (κ3) is 2.94. The minimum absolute atomic E-state index is 0. The molecule has 80 valence electrons. The molecule has 0 unspecified atom stereocenters. The molecule has 2 aromatic rings. The topological polar surface area (TPSA) is 52.2 Å². The summed E-state index contributed by atoms with van der Waals surface area (Å²) < 4.78 is 37.7. The van der Waals surface area contributed by atoms with E-state index in [-0.39, 0.29) is 57.0 Å². The van der Waals surface area contributed by atoms with Crippen molar-refractivity contribution in [1.82, 2.24) is 19.2 Å². The van der Waals surface area contributed by atoms with Crippen molar-refractivity contribution in [2.75, 3.05) is 0 Å². The zero-order chi connectivity index (χ0) is 11.1. The van der Waals surface area contributed by atoms with E-state index >= 15 is 0 Å². The van der Waals surface area contributed by atoms with Crippen molar-refractivity contribution in [3.8, 4) is 0 Å². The summed E-state index contributed by atoms with van der Waals surface area (Å²) in [6, 6.07) is 0. The van der Waals surface area contributed by atoms with E-state index in [4.69, 9.17) is 0 Å². The minimum atomic E-state index is -5.08. The van der Waals surface area contributed by atoms with Crippen LogP contribution in [0.4, 0.5) is 12.9 Å². The van der Waals surface area contributed by atoms with Crippen LogP contribution in [0.1, 0.15) is 0 Å². The van der Waals surface area contributed by atoms with Gasteiger partial charge >= 0.3 is 64.1 Å². The van der Waals surface area contributed by atoms with Crippen LogP contribution in [0.5, 0.6) is 0 Å². The van der Waals surface area contributed by atoms with Crippen LogP contribution in [0, 0.1) is 0 Å². The van der Waals surface area contributed by atoms with Gasteiger partial charge in [-0.3, -0.25) is 4.98 Å². The predicted molar refractivity (Wildman–Crippen MR) is 46.3 cm³/mol. The van der Waals surface area contributed by atoms with E-state index in [2.05, 4.69) is 10.1 Å². The molecule has 0 fully saturated rings. The summed E-state index contributed by atoms with van der Waals surface area (Å²) in [5, 5.41) is 3.50. The molecule has 0 radical (unpaired) electrons. The van der Waals surface area contributed by atoms with Crippen LogP contribution in [0.2, 0.25) is 0 Å². The first-order chi connectivity index (χ1) is 6.97. The Labute approximate surface area is 130 Å². The number of hydrogen-bond acceptors (Lipinski definition) is 3. The SMILES string of the molecule is O=c1n(C[B-](F)(F)F)nc2cnccn12.[K+]. The molecule has 0 N–H and O–H groups in total. The zero-order valence-electron chi connectivity index (χ0n) is 8.35. The van der Waals surface area contributed by atoms with Crippen molar-refractivity contribution in [2.24, 2.45) is 0 Å². The number of hydrogen-bond donors (Lipinski definition) is 0. The smallest absolute Gasteiger partial charge is 0.448 e. The van der Waals surface area contributed by atoms with Crippen LogP contribution in [0.25, 0.3) is 5.65 Å². The third-order valence-corrected chi connectivity index (χ3v) is 1.77. The predicted octanol–water partition coefficient (Wildman–Crippen LogP) is -2.72. The molecule has 10 heteroatoms. The molecule has 0 spiro atoms. The van der Waals surface area contributed by atoms with Gasteiger partial charge in [-0.1, -0.05) is 0 Å². The third-order valence-electron chi connectivity index (χ3n) is 1.77. The molecular formula is C6H5BF3KN4O. The summed E-state index contributed by atoms with van der Waals surface area (Å²) in [4.78, 5) is 15.0. The summed E-state index contributed by atoms with van der Waals surface area (Å²) >= 11 is 0. The van der Waals surface area contributed by atoms with Crippen molar-refractivity contribution in [3.05, 3.63) is 29.1 Å². The zero-order valence-corrected chi connectivity index (χ0v) is 11.5. The molecule has 2 heterocycles. The average Bonchev–Trinajstić information content (AvgIpc) is 2.42. The van der Waals surface area contributed by atoms with Gasteiger partial charge < -0.3 is 12.9 Å². The van der Waals surface area contributed by atoms with Crippen LogP contribution in [0.3, 0.4) is 0 Å². The van der Waals surface area contributed by atoms with Crippen molar-refractivity contribution in [2.45, 2.75) is 6.44 Å². The maximum atomic E-state index is 12.1. The van der Waals surface area contributed by atoms with E-state index in [9.17, 15) is 17.7 Å². The summed E-state index contributed by atoms with van der Waals surface area (Å²) in [6.07, 6.45) is 2.46. The fraction of sp³-hybridized carbons (Fsp3) is 0.167. The standard InChI is InChI=1S/C6H5BF3N4O.K/c8-7(9,10)4-14-6(15)13-2-1-11-3-5(13)12-14;/h1-3H,4H2;/q-1;+1. The molecule has 16 heavy (non-hydrogen) atoms. The molecule has 0 saturated heterocycles. The minimum Gasteiger partial charge on any atom is -0.448 e. The molecule has 2 rings (SSSR count). The van der Waals surface area contributed by atoms with Gasteiger partial charge in [0, 0.05) is 18.8 Å². The van der Waals surface area contributed by atoms with Crippen LogP contribution >= 0.6 is 0 Å². The molecular weight excluding hydrogens is 251 g/mol. The second-order valence-electron chi connectivity index (χ2n) is 2.98. The Morgan fingerprint density at radius 3 is 2.62 bits per heavy atom. The second-order valence-corrected chi connectivity index (χ2v) is 2.98. The van der Waals surface area contributed by atoms with Gasteiger partial charge in [0.15, 0.2) is 5.65 Å². The monoisotopic (exact) mass is 256 g/mol. The number of fused-ring (bicyclic) bond motifs is 1. The summed E-state index contributed by atoms with van der Waals surface area (Å²) in [5.74, 6) is 0. The molecule has 0 atom stereocenters. The summed E-state index contributed by atoms with van der Waals surface area (Å²) in [7, 11) is 0. The number of nitrogens with zero attached hydrogens (tertiary/aromatic N) is 4. The summed E-state index contributed by atoms with van der Waals surface area (Å²) in [6.45, 7) is -5.08. The Hall–Kier alpha value is -0.159. The first-order valence-electron chi connectivity index (χ1n) is 4.07. The molecule has 0 aliphatic heterocycles. The van der Waals surface area contributed by atoms with Gasteiger partial charge in [0.1, 0.15) is 0 Å². The Morgan fingerprint density at radius 1 is 1.38 bits per heavy atom. The quantitative estimate of drug-likeness (QED) is 0.549. The van der Waals surface area contributed by atoms with Gasteiger partial charge in [0.2, 0.25) is 0 Å². The Kier molecular flexibility index (Phi) is 4.35. The van der Waals surface area contributed by atoms with Crippen molar-refractivity contribution in [3.63, 3.8) is 0 Å². The molecule has 0 aliphatic rings. The first-order valence-corrected chi connectivity index (χ1v) is 4.07. The molecule has 0 aliphatic carbocycles. The van der Waals surface area contributed by atoms with Crippen LogP contribution in [-0.2, 0) is 6.44 Å². The Bertz CT molecular complexity index is 550. The number of rotatable bonds is 2. The number of aromatic nitrogens is 4. The van der Waals surface area contributed by atoms with Gasteiger partial charge in [0.25, 0.3) is 0 Å². The maximum Gasteiger partial charge on any atom is 1.00 e. The number of halogens is 3. The van der Waals surface area contributed by atoms with E-state index in [1.165, 1.54) is 18.6 Å². The first kappa shape index (κ1) is 13.9. The molecule has 0 bridgehead atoms. The average molecular weight is 256 g/mol. The van der Waals surface area contributed by atoms with Crippen molar-refractivity contribution in [1.29, 1.82) is 0 Å². The molecule has 0 amide bonds. The fourth-order valence-corrected chi connectivity index (χ4v) is 1.19. The van der Waals surface area contributed by atoms with Gasteiger partial charge in [-0.15, -0.1) is 0 Å². The second kappa shape index (κ2) is 5.00. The Morgan fingerprint density at radius 2 is 2.06 bits per heavy atom. The maximum absolute atomic E-state index is 12.1. The van der Waals surface area contributed by atoms with E-state index < -0.39 is 19.1 Å². The van der Waals surface area contributed by atoms with Crippen molar-refractivity contribution < 1.29 is 64.3 Å². The van der Waals surface area contributed by atoms with E-state index in [1.807, 2.05) is 0 Å². The van der Waals surface area contributed by atoms with Crippen LogP contribution < -0.4 is 57.1 Å². The van der Waals surface area contributed by atoms with E-state index in [0.717, 1.165) is 4.40 Å². The molecule has 5 nitrogen and oxygen atoms in total. The van der Waals surface area contributed by atoms with Gasteiger partial charge in [-0.25, -0.2) is 13.9 Å². The Balaban J connectivity index is 0.00000128. The largest absolute Gasteiger partial charge is 1.00 e. The van der Waals surface area contributed by atoms with Gasteiger partial charge in [-0.05, 0) is 0 Å². The van der Waals surface area contributed by atoms with Gasteiger partial charge in [-0.2, -0.15) is 5.10 Å². The molecule has 0 saturated carbocycles. The van der Waals surface area contributed by atoms with Gasteiger partial charge in [0.05, 0.1) is 6.20 Å². The van der Waals surface area contributed by atoms with Crippen LogP contribution in [-0.4, -0.2) is 26.1 Å². The fourth-order valence-electron chi connectivity index (χ4n) is 1.19. The normalized spacial score (nSPS) is 11.4.